The number of alkyl halides is 3. The number of rotatable bonds is 8. The summed E-state index contributed by atoms with van der Waals surface area (Å²) in [5.41, 5.74) is 0.739. The number of hydrogen-bond acceptors (Lipinski definition) is 3. The maximum Gasteiger partial charge on any atom is 0.416 e. The molecule has 9 heteroatoms. The van der Waals surface area contributed by atoms with Gasteiger partial charge in [0, 0.05) is 29.1 Å². The minimum atomic E-state index is -4.49. The van der Waals surface area contributed by atoms with Crippen molar-refractivity contribution in [3.8, 4) is 11.1 Å². The predicted octanol–water partition coefficient (Wildman–Crippen LogP) is 6.77. The van der Waals surface area contributed by atoms with Crippen molar-refractivity contribution >= 4 is 11.8 Å². The van der Waals surface area contributed by atoms with E-state index in [1.54, 1.807) is 31.2 Å². The van der Waals surface area contributed by atoms with Crippen molar-refractivity contribution in [2.24, 2.45) is 0 Å². The topological polar surface area (TPSA) is 70.2 Å². The second-order valence-electron chi connectivity index (χ2n) is 12.8. The molecule has 1 saturated heterocycles. The lowest BCUT2D eigenvalue weighted by molar-refractivity contribution is -0.137. The lowest BCUT2D eigenvalue weighted by Gasteiger charge is -2.46. The third-order valence-corrected chi connectivity index (χ3v) is 7.86. The maximum atomic E-state index is 15.1. The molecule has 3 aromatic rings. The molecule has 0 saturated carbocycles. The van der Waals surface area contributed by atoms with Gasteiger partial charge in [-0.3, -0.25) is 9.59 Å². The van der Waals surface area contributed by atoms with Crippen LogP contribution in [0.3, 0.4) is 0 Å². The van der Waals surface area contributed by atoms with E-state index in [1.807, 2.05) is 18.2 Å². The van der Waals surface area contributed by atoms with Crippen LogP contribution in [0.15, 0.2) is 72.8 Å². The second kappa shape index (κ2) is 12.5. The van der Waals surface area contributed by atoms with Gasteiger partial charge in [-0.15, -0.1) is 0 Å². The fraction of sp³-hybridized carbons (Fsp3) is 0.412. The van der Waals surface area contributed by atoms with E-state index < -0.39 is 41.3 Å². The number of carbonyl (C=O) groups excluding carboxylic acids is 2. The molecule has 0 aromatic heterocycles. The lowest BCUT2D eigenvalue weighted by atomic mass is 9.79. The smallest absolute Gasteiger partial charge is 0.351 e. The second-order valence-corrected chi connectivity index (χ2v) is 12.8. The summed E-state index contributed by atoms with van der Waals surface area (Å²) in [6, 6.07) is 17.0. The van der Waals surface area contributed by atoms with Crippen LogP contribution in [-0.4, -0.2) is 35.0 Å². The molecule has 0 aliphatic carbocycles. The predicted molar refractivity (Wildman–Crippen MR) is 160 cm³/mol. The molecule has 0 unspecified atom stereocenters. The summed E-state index contributed by atoms with van der Waals surface area (Å²) in [4.78, 5) is 27.1. The van der Waals surface area contributed by atoms with E-state index in [1.165, 1.54) is 18.2 Å². The van der Waals surface area contributed by atoms with Gasteiger partial charge in [0.25, 0.3) is 0 Å². The van der Waals surface area contributed by atoms with Gasteiger partial charge in [-0.25, -0.2) is 4.39 Å². The molecule has 3 aromatic carbocycles. The zero-order valence-corrected chi connectivity index (χ0v) is 25.1. The van der Waals surface area contributed by atoms with Crippen LogP contribution in [0.5, 0.6) is 0 Å². The summed E-state index contributed by atoms with van der Waals surface area (Å²) in [5.74, 6) is -2.19. The Morgan fingerprint density at radius 3 is 2.07 bits per heavy atom. The summed E-state index contributed by atoms with van der Waals surface area (Å²) >= 11 is 0. The van der Waals surface area contributed by atoms with Gasteiger partial charge in [-0.1, -0.05) is 54.6 Å². The number of piperidine rings is 1. The number of benzene rings is 3. The molecule has 2 atom stereocenters. The average Bonchev–Trinajstić information content (AvgIpc) is 2.90. The number of carbonyl (C=O) groups is 2. The van der Waals surface area contributed by atoms with Gasteiger partial charge in [0.15, 0.2) is 0 Å². The van der Waals surface area contributed by atoms with Crippen LogP contribution in [-0.2, 0) is 22.2 Å². The largest absolute Gasteiger partial charge is 0.416 e. The molecule has 43 heavy (non-hydrogen) atoms. The molecule has 0 spiro atoms. The normalized spacial score (nSPS) is 18.0. The highest BCUT2D eigenvalue weighted by molar-refractivity contribution is 5.90. The lowest BCUT2D eigenvalue weighted by Crippen LogP contribution is -2.63. The molecule has 1 aliphatic heterocycles. The van der Waals surface area contributed by atoms with Crippen LogP contribution in [0.4, 0.5) is 17.6 Å². The van der Waals surface area contributed by atoms with Crippen molar-refractivity contribution in [2.75, 3.05) is 0 Å². The molecule has 2 amide bonds. The average molecular weight is 598 g/mol. The molecule has 1 fully saturated rings. The summed E-state index contributed by atoms with van der Waals surface area (Å²) in [6.45, 7) is 9.84. The van der Waals surface area contributed by atoms with Crippen LogP contribution >= 0.6 is 0 Å². The highest BCUT2D eigenvalue weighted by Gasteiger charge is 2.39. The van der Waals surface area contributed by atoms with Crippen LogP contribution < -0.4 is 16.0 Å². The number of halogens is 4. The summed E-state index contributed by atoms with van der Waals surface area (Å²) in [5, 5.41) is 9.43. The Morgan fingerprint density at radius 1 is 0.907 bits per heavy atom. The number of nitrogens with one attached hydrogen (secondary N) is 3. The Hall–Kier alpha value is -3.72. The van der Waals surface area contributed by atoms with Crippen molar-refractivity contribution in [3.05, 3.63) is 95.3 Å². The van der Waals surface area contributed by atoms with Crippen LogP contribution in [0.2, 0.25) is 0 Å². The summed E-state index contributed by atoms with van der Waals surface area (Å²) in [7, 11) is 0. The molecule has 4 rings (SSSR count). The SMILES string of the molecule is C[C@H](C(=O)N[C@@H](Cc1ccc(C(F)(F)F)cc1)C(=O)NC1CC(C)(C)NC(C)(C)C1)c1ccc(-c2ccccc2)c(F)c1. The fourth-order valence-corrected chi connectivity index (χ4v) is 6.10. The van der Waals surface area contributed by atoms with Gasteiger partial charge in [0.1, 0.15) is 11.9 Å². The monoisotopic (exact) mass is 597 g/mol. The first kappa shape index (κ1) is 32.2. The van der Waals surface area contributed by atoms with E-state index in [4.69, 9.17) is 0 Å². The van der Waals surface area contributed by atoms with Crippen molar-refractivity contribution in [1.82, 2.24) is 16.0 Å². The van der Waals surface area contributed by atoms with Gasteiger partial charge in [-0.05, 0) is 82.3 Å². The van der Waals surface area contributed by atoms with E-state index in [-0.39, 0.29) is 23.5 Å². The van der Waals surface area contributed by atoms with Gasteiger partial charge in [-0.2, -0.15) is 13.2 Å². The molecule has 1 heterocycles. The van der Waals surface area contributed by atoms with E-state index in [9.17, 15) is 22.8 Å². The first-order valence-corrected chi connectivity index (χ1v) is 14.4. The highest BCUT2D eigenvalue weighted by Crippen LogP contribution is 2.31. The fourth-order valence-electron chi connectivity index (χ4n) is 6.10. The third-order valence-electron chi connectivity index (χ3n) is 7.86. The zero-order chi connectivity index (χ0) is 31.6. The Labute approximate surface area is 250 Å². The van der Waals surface area contributed by atoms with Crippen molar-refractivity contribution in [2.45, 2.75) is 89.1 Å². The van der Waals surface area contributed by atoms with Crippen LogP contribution in [0, 0.1) is 5.82 Å². The first-order valence-electron chi connectivity index (χ1n) is 14.4. The summed E-state index contributed by atoms with van der Waals surface area (Å²) < 4.78 is 54.4. The molecule has 5 nitrogen and oxygen atoms in total. The molecule has 0 bridgehead atoms. The van der Waals surface area contributed by atoms with Gasteiger partial charge in [0.2, 0.25) is 11.8 Å². The first-order chi connectivity index (χ1) is 20.0. The quantitative estimate of drug-likeness (QED) is 0.251. The molecule has 0 radical (unpaired) electrons. The van der Waals surface area contributed by atoms with E-state index in [0.29, 0.717) is 35.1 Å². The standard InChI is InChI=1S/C34H39F4N3O2/c1-21(24-13-16-27(28(35)18-24)23-9-7-6-8-10-23)30(42)40-29(17-22-11-14-25(15-12-22)34(36,37)38)31(43)39-26-19-32(2,3)41-33(4,5)20-26/h6-16,18,21,26,29,41H,17,19-20H2,1-5H3,(H,39,43)(H,40,42)/t21-,29-/m0/s1. The molecular formula is C34H39F4N3O2. The molecular weight excluding hydrogens is 558 g/mol. The minimum absolute atomic E-state index is 0.0124. The molecule has 3 N–H and O–H groups in total. The van der Waals surface area contributed by atoms with E-state index in [0.717, 1.165) is 12.1 Å². The van der Waals surface area contributed by atoms with Crippen molar-refractivity contribution < 1.29 is 27.2 Å². The molecule has 1 aliphatic rings. The van der Waals surface area contributed by atoms with Crippen molar-refractivity contribution in [1.29, 1.82) is 0 Å². The van der Waals surface area contributed by atoms with E-state index in [2.05, 4.69) is 43.6 Å². The Kier molecular flexibility index (Phi) is 9.35. The van der Waals surface area contributed by atoms with Gasteiger partial charge >= 0.3 is 6.18 Å². The summed E-state index contributed by atoms with van der Waals surface area (Å²) in [6.07, 6.45) is -3.18. The Bertz CT molecular complexity index is 1420. The zero-order valence-electron chi connectivity index (χ0n) is 25.1. The van der Waals surface area contributed by atoms with E-state index >= 15 is 4.39 Å². The van der Waals surface area contributed by atoms with Crippen molar-refractivity contribution in [3.63, 3.8) is 0 Å². The Morgan fingerprint density at radius 2 is 1.51 bits per heavy atom. The highest BCUT2D eigenvalue weighted by atomic mass is 19.4. The van der Waals surface area contributed by atoms with Crippen LogP contribution in [0.1, 0.15) is 70.1 Å². The Balaban J connectivity index is 1.54. The minimum Gasteiger partial charge on any atom is -0.351 e. The maximum absolute atomic E-state index is 15.1. The van der Waals surface area contributed by atoms with Crippen LogP contribution in [0.25, 0.3) is 11.1 Å². The number of hydrogen-bond donors (Lipinski definition) is 3. The van der Waals surface area contributed by atoms with Gasteiger partial charge < -0.3 is 16.0 Å². The van der Waals surface area contributed by atoms with Gasteiger partial charge in [0.05, 0.1) is 11.5 Å². The molecule has 230 valence electrons. The number of amides is 2. The third kappa shape index (κ3) is 8.44.